The summed E-state index contributed by atoms with van der Waals surface area (Å²) in [5.41, 5.74) is 3.23. The highest BCUT2D eigenvalue weighted by Crippen LogP contribution is 2.18. The number of ether oxygens (including phenoxy) is 1. The fourth-order valence-electron chi connectivity index (χ4n) is 2.75. The Bertz CT molecular complexity index is 1050. The van der Waals surface area contributed by atoms with E-state index >= 15 is 0 Å². The van der Waals surface area contributed by atoms with Gasteiger partial charge in [0, 0.05) is 23.9 Å². The first-order chi connectivity index (χ1) is 14.5. The van der Waals surface area contributed by atoms with Crippen molar-refractivity contribution in [2.75, 3.05) is 11.9 Å². The molecule has 2 amide bonds. The van der Waals surface area contributed by atoms with Crippen LogP contribution in [0.5, 0.6) is 5.88 Å². The maximum Gasteiger partial charge on any atom is 0.271 e. The fraction of sp³-hybridized carbons (Fsp3) is 0.174. The summed E-state index contributed by atoms with van der Waals surface area (Å²) in [6.07, 6.45) is 0. The topological polar surface area (TPSA) is 80.3 Å². The van der Waals surface area contributed by atoms with Gasteiger partial charge in [-0.25, -0.2) is 4.98 Å². The van der Waals surface area contributed by atoms with Crippen LogP contribution in [-0.4, -0.2) is 23.4 Å². The zero-order chi connectivity index (χ0) is 21.5. The van der Waals surface area contributed by atoms with Gasteiger partial charge in [0.05, 0.1) is 11.6 Å². The molecule has 6 nitrogen and oxygen atoms in total. The van der Waals surface area contributed by atoms with Crippen LogP contribution in [0.2, 0.25) is 5.02 Å². The Hall–Kier alpha value is -3.38. The van der Waals surface area contributed by atoms with Crippen LogP contribution in [0.1, 0.15) is 38.9 Å². The van der Waals surface area contributed by atoms with E-state index in [1.807, 2.05) is 38.1 Å². The highest BCUT2D eigenvalue weighted by molar-refractivity contribution is 6.33. The van der Waals surface area contributed by atoms with Crippen LogP contribution < -0.4 is 15.4 Å². The van der Waals surface area contributed by atoms with Gasteiger partial charge in [0.25, 0.3) is 11.8 Å². The summed E-state index contributed by atoms with van der Waals surface area (Å²) in [4.78, 5) is 29.0. The number of benzene rings is 2. The highest BCUT2D eigenvalue weighted by Gasteiger charge is 2.14. The third-order valence-electron chi connectivity index (χ3n) is 4.28. The van der Waals surface area contributed by atoms with Gasteiger partial charge in [0.15, 0.2) is 5.69 Å². The Labute approximate surface area is 180 Å². The van der Waals surface area contributed by atoms with E-state index < -0.39 is 5.91 Å². The normalized spacial score (nSPS) is 10.4. The molecule has 0 saturated heterocycles. The van der Waals surface area contributed by atoms with E-state index in [0.717, 1.165) is 11.1 Å². The third-order valence-corrected chi connectivity index (χ3v) is 4.58. The van der Waals surface area contributed by atoms with Crippen molar-refractivity contribution in [3.05, 3.63) is 88.1 Å². The molecular weight excluding hydrogens is 402 g/mol. The quantitative estimate of drug-likeness (QED) is 0.580. The third kappa shape index (κ3) is 5.58. The second-order valence-corrected chi connectivity index (χ2v) is 7.02. The van der Waals surface area contributed by atoms with E-state index in [1.165, 1.54) is 0 Å². The highest BCUT2D eigenvalue weighted by atomic mass is 35.5. The largest absolute Gasteiger partial charge is 0.478 e. The SMILES string of the molecule is CCOc1ccc(Cl)c(C(=O)NCc2cccc(NC(=O)c3ccc(C)cc3)c2)n1. The number of pyridine rings is 1. The molecule has 0 atom stereocenters. The van der Waals surface area contributed by atoms with Gasteiger partial charge in [-0.2, -0.15) is 0 Å². The van der Waals surface area contributed by atoms with Crippen molar-refractivity contribution >= 4 is 29.1 Å². The molecule has 3 aromatic rings. The van der Waals surface area contributed by atoms with Crippen molar-refractivity contribution in [3.63, 3.8) is 0 Å². The predicted octanol–water partition coefficient (Wildman–Crippen LogP) is 4.62. The summed E-state index contributed by atoms with van der Waals surface area (Å²) in [5.74, 6) is -0.261. The van der Waals surface area contributed by atoms with E-state index in [1.54, 1.807) is 36.4 Å². The van der Waals surface area contributed by atoms with Crippen LogP contribution in [0.4, 0.5) is 5.69 Å². The molecule has 0 bridgehead atoms. The fourth-order valence-corrected chi connectivity index (χ4v) is 2.94. The van der Waals surface area contributed by atoms with Gasteiger partial charge in [-0.05, 0) is 49.7 Å². The Morgan fingerprint density at radius 1 is 1.03 bits per heavy atom. The number of amides is 2. The smallest absolute Gasteiger partial charge is 0.271 e. The number of carbonyl (C=O) groups is 2. The van der Waals surface area contributed by atoms with Gasteiger partial charge in [-0.15, -0.1) is 0 Å². The minimum absolute atomic E-state index is 0.103. The molecule has 3 rings (SSSR count). The summed E-state index contributed by atoms with van der Waals surface area (Å²) in [6.45, 7) is 4.50. The number of nitrogens with one attached hydrogen (secondary N) is 2. The Morgan fingerprint density at radius 2 is 1.80 bits per heavy atom. The number of rotatable bonds is 7. The summed E-state index contributed by atoms with van der Waals surface area (Å²) >= 11 is 6.10. The number of hydrogen-bond donors (Lipinski definition) is 2. The van der Waals surface area contributed by atoms with Crippen molar-refractivity contribution in [3.8, 4) is 5.88 Å². The van der Waals surface area contributed by atoms with Gasteiger partial charge in [-0.1, -0.05) is 41.4 Å². The Morgan fingerprint density at radius 3 is 2.53 bits per heavy atom. The molecule has 0 radical (unpaired) electrons. The lowest BCUT2D eigenvalue weighted by Gasteiger charge is -2.10. The molecule has 2 N–H and O–H groups in total. The lowest BCUT2D eigenvalue weighted by atomic mass is 10.1. The van der Waals surface area contributed by atoms with Crippen LogP contribution in [0.3, 0.4) is 0 Å². The lowest BCUT2D eigenvalue weighted by molar-refractivity contribution is 0.0944. The molecule has 154 valence electrons. The zero-order valence-corrected chi connectivity index (χ0v) is 17.5. The molecule has 0 saturated carbocycles. The summed E-state index contributed by atoms with van der Waals surface area (Å²) in [6, 6.07) is 17.8. The maximum atomic E-state index is 12.5. The summed E-state index contributed by atoms with van der Waals surface area (Å²) in [7, 11) is 0. The number of nitrogens with zero attached hydrogens (tertiary/aromatic N) is 1. The summed E-state index contributed by atoms with van der Waals surface area (Å²) in [5, 5.41) is 5.90. The number of anilines is 1. The second kappa shape index (κ2) is 9.89. The second-order valence-electron chi connectivity index (χ2n) is 6.62. The lowest BCUT2D eigenvalue weighted by Crippen LogP contribution is -2.24. The first kappa shape index (κ1) is 21.3. The predicted molar refractivity (Wildman–Crippen MR) is 117 cm³/mol. The van der Waals surface area contributed by atoms with Gasteiger partial charge in [0.2, 0.25) is 5.88 Å². The molecule has 1 heterocycles. The van der Waals surface area contributed by atoms with Gasteiger partial charge < -0.3 is 15.4 Å². The molecule has 1 aromatic heterocycles. The Kier molecular flexibility index (Phi) is 7.03. The van der Waals surface area contributed by atoms with Crippen LogP contribution in [-0.2, 0) is 6.54 Å². The molecule has 0 aliphatic heterocycles. The minimum Gasteiger partial charge on any atom is -0.478 e. The monoisotopic (exact) mass is 423 g/mol. The first-order valence-electron chi connectivity index (χ1n) is 9.50. The van der Waals surface area contributed by atoms with E-state index in [4.69, 9.17) is 16.3 Å². The zero-order valence-electron chi connectivity index (χ0n) is 16.7. The van der Waals surface area contributed by atoms with E-state index in [2.05, 4.69) is 15.6 Å². The van der Waals surface area contributed by atoms with Crippen LogP contribution in [0, 0.1) is 6.92 Å². The van der Waals surface area contributed by atoms with E-state index in [-0.39, 0.29) is 23.2 Å². The number of carbonyl (C=O) groups excluding carboxylic acids is 2. The average molecular weight is 424 g/mol. The van der Waals surface area contributed by atoms with Gasteiger partial charge in [-0.3, -0.25) is 9.59 Å². The number of hydrogen-bond acceptors (Lipinski definition) is 4. The molecule has 0 aliphatic rings. The van der Waals surface area contributed by atoms with Crippen LogP contribution in [0.25, 0.3) is 0 Å². The Balaban J connectivity index is 1.64. The van der Waals surface area contributed by atoms with Crippen molar-refractivity contribution in [1.82, 2.24) is 10.3 Å². The molecule has 2 aromatic carbocycles. The molecule has 30 heavy (non-hydrogen) atoms. The van der Waals surface area contributed by atoms with Gasteiger partial charge in [0.1, 0.15) is 0 Å². The molecular formula is C23H22ClN3O3. The standard InChI is InChI=1S/C23H22ClN3O3/c1-3-30-20-12-11-19(24)21(27-20)23(29)25-14-16-5-4-6-18(13-16)26-22(28)17-9-7-15(2)8-10-17/h4-13H,3,14H2,1-2H3,(H,25,29)(H,26,28). The molecule has 0 aliphatic carbocycles. The minimum atomic E-state index is -0.407. The average Bonchev–Trinajstić information content (AvgIpc) is 2.74. The molecule has 7 heteroatoms. The van der Waals surface area contributed by atoms with Crippen LogP contribution in [0.15, 0.2) is 60.7 Å². The van der Waals surface area contributed by atoms with Crippen molar-refractivity contribution in [1.29, 1.82) is 0 Å². The first-order valence-corrected chi connectivity index (χ1v) is 9.88. The molecule has 0 spiro atoms. The number of aromatic nitrogens is 1. The maximum absolute atomic E-state index is 12.5. The van der Waals surface area contributed by atoms with Crippen LogP contribution >= 0.6 is 11.6 Å². The van der Waals surface area contributed by atoms with E-state index in [9.17, 15) is 9.59 Å². The van der Waals surface area contributed by atoms with Crippen molar-refractivity contribution in [2.45, 2.75) is 20.4 Å². The van der Waals surface area contributed by atoms with Crippen molar-refractivity contribution in [2.24, 2.45) is 0 Å². The summed E-state index contributed by atoms with van der Waals surface area (Å²) < 4.78 is 5.32. The molecule has 0 unspecified atom stereocenters. The van der Waals surface area contributed by atoms with Gasteiger partial charge >= 0.3 is 0 Å². The number of aryl methyl sites for hydroxylation is 1. The van der Waals surface area contributed by atoms with Crippen molar-refractivity contribution < 1.29 is 14.3 Å². The molecule has 0 fully saturated rings. The van der Waals surface area contributed by atoms with E-state index in [0.29, 0.717) is 23.7 Å². The number of halogens is 1.